The van der Waals surface area contributed by atoms with Crippen LogP contribution in [0.3, 0.4) is 0 Å². The molecule has 0 aliphatic carbocycles. The van der Waals surface area contributed by atoms with Crippen LogP contribution in [0.4, 0.5) is 5.82 Å². The number of hydrogen-bond donors (Lipinski definition) is 2. The number of aromatic nitrogens is 1. The van der Waals surface area contributed by atoms with Crippen LogP contribution in [0.25, 0.3) is 16.3 Å². The maximum Gasteiger partial charge on any atom is 0.130 e. The molecule has 0 saturated heterocycles. The monoisotopic (exact) mass is 296 g/mol. The normalized spacial score (nSPS) is 12.1. The van der Waals surface area contributed by atoms with Crippen molar-refractivity contribution in [3.05, 3.63) is 54.5 Å². The summed E-state index contributed by atoms with van der Waals surface area (Å²) >= 11 is 0. The lowest BCUT2D eigenvalue weighted by atomic mass is 10.0. The highest BCUT2D eigenvalue weighted by Gasteiger charge is 2.01. The fraction of sp³-hybridized carbons (Fsp3) is 0.278. The first-order valence-electron chi connectivity index (χ1n) is 7.54. The van der Waals surface area contributed by atoms with Crippen molar-refractivity contribution in [1.82, 2.24) is 15.4 Å². The van der Waals surface area contributed by atoms with Gasteiger partial charge < -0.3 is 10.3 Å². The first kappa shape index (κ1) is 16.0. The number of nitrogens with one attached hydrogen (secondary N) is 2. The van der Waals surface area contributed by atoms with E-state index in [1.165, 1.54) is 16.5 Å². The van der Waals surface area contributed by atoms with Gasteiger partial charge in [-0.15, -0.1) is 0 Å². The van der Waals surface area contributed by atoms with E-state index in [9.17, 15) is 0 Å². The van der Waals surface area contributed by atoms with Crippen molar-refractivity contribution < 1.29 is 0 Å². The first-order valence-corrected chi connectivity index (χ1v) is 7.54. The molecule has 2 N–H and O–H groups in total. The molecular weight excluding hydrogens is 272 g/mol. The summed E-state index contributed by atoms with van der Waals surface area (Å²) in [6, 6.07) is 8.51. The molecule has 1 aromatic heterocycles. The molecule has 0 unspecified atom stereocenters. The molecule has 1 heterocycles. The Morgan fingerprint density at radius 3 is 2.82 bits per heavy atom. The lowest BCUT2D eigenvalue weighted by molar-refractivity contribution is 0.366. The Balaban J connectivity index is 2.31. The molecule has 0 saturated carbocycles. The van der Waals surface area contributed by atoms with Gasteiger partial charge in [0.15, 0.2) is 0 Å². The van der Waals surface area contributed by atoms with Gasteiger partial charge in [-0.3, -0.25) is 0 Å². The zero-order chi connectivity index (χ0) is 15.9. The maximum absolute atomic E-state index is 4.42. The average Bonchev–Trinajstić information content (AvgIpc) is 2.54. The van der Waals surface area contributed by atoms with Gasteiger partial charge in [0.1, 0.15) is 5.82 Å². The SMILES string of the molecule is CC/C=C/Nc1cc2cc(/C(C)=C/N(C)NC)ccc2cn1. The number of benzene rings is 1. The Hall–Kier alpha value is -2.33. The summed E-state index contributed by atoms with van der Waals surface area (Å²) in [7, 11) is 3.88. The number of anilines is 1. The number of fused-ring (bicyclic) bond motifs is 1. The minimum atomic E-state index is 0.864. The lowest BCUT2D eigenvalue weighted by Gasteiger charge is -2.14. The molecule has 2 aromatic rings. The van der Waals surface area contributed by atoms with E-state index in [1.807, 2.05) is 31.5 Å². The topological polar surface area (TPSA) is 40.2 Å². The second-order valence-corrected chi connectivity index (χ2v) is 5.23. The van der Waals surface area contributed by atoms with Crippen molar-refractivity contribution in [2.24, 2.45) is 0 Å². The van der Waals surface area contributed by atoms with E-state index in [4.69, 9.17) is 0 Å². The number of pyridine rings is 1. The zero-order valence-corrected chi connectivity index (χ0v) is 13.7. The molecule has 4 heteroatoms. The van der Waals surface area contributed by atoms with Crippen LogP contribution in [0, 0.1) is 0 Å². The number of allylic oxidation sites excluding steroid dienone is 2. The van der Waals surface area contributed by atoms with Gasteiger partial charge in [-0.2, -0.15) is 0 Å². The third-order valence-corrected chi connectivity index (χ3v) is 3.50. The minimum Gasteiger partial charge on any atom is -0.347 e. The number of rotatable bonds is 6. The van der Waals surface area contributed by atoms with E-state index in [0.717, 1.165) is 17.6 Å². The molecule has 0 amide bonds. The molecule has 0 fully saturated rings. The zero-order valence-electron chi connectivity index (χ0n) is 13.7. The number of nitrogens with zero attached hydrogens (tertiary/aromatic N) is 2. The summed E-state index contributed by atoms with van der Waals surface area (Å²) in [6.07, 6.45) is 8.99. The lowest BCUT2D eigenvalue weighted by Crippen LogP contribution is -2.25. The number of hydrazine groups is 1. The van der Waals surface area contributed by atoms with E-state index in [1.54, 1.807) is 0 Å². The molecule has 0 aliphatic heterocycles. The third-order valence-electron chi connectivity index (χ3n) is 3.50. The van der Waals surface area contributed by atoms with Crippen LogP contribution in [0.1, 0.15) is 25.8 Å². The van der Waals surface area contributed by atoms with Crippen LogP contribution in [0.5, 0.6) is 0 Å². The van der Waals surface area contributed by atoms with Crippen LogP contribution in [0.15, 0.2) is 48.9 Å². The van der Waals surface area contributed by atoms with Crippen LogP contribution < -0.4 is 10.7 Å². The summed E-state index contributed by atoms with van der Waals surface area (Å²) in [5, 5.41) is 7.46. The third kappa shape index (κ3) is 4.09. The predicted molar refractivity (Wildman–Crippen MR) is 95.3 cm³/mol. The van der Waals surface area contributed by atoms with Gasteiger partial charge in [0.25, 0.3) is 0 Å². The quantitative estimate of drug-likeness (QED) is 0.791. The van der Waals surface area contributed by atoms with E-state index < -0.39 is 0 Å². The minimum absolute atomic E-state index is 0.864. The van der Waals surface area contributed by atoms with Gasteiger partial charge in [0.2, 0.25) is 0 Å². The summed E-state index contributed by atoms with van der Waals surface area (Å²) < 4.78 is 0. The van der Waals surface area contributed by atoms with Gasteiger partial charge in [-0.05, 0) is 48.2 Å². The van der Waals surface area contributed by atoms with Crippen molar-refractivity contribution in [1.29, 1.82) is 0 Å². The van der Waals surface area contributed by atoms with E-state index in [-0.39, 0.29) is 0 Å². The summed E-state index contributed by atoms with van der Waals surface area (Å²) in [5.74, 6) is 0.864. The Morgan fingerprint density at radius 1 is 1.27 bits per heavy atom. The standard InChI is InChI=1S/C18H24N4/c1-5-6-9-20-18-11-17-10-15(7-8-16(17)12-21-18)14(2)13-22(4)19-3/h6-13,19H,5H2,1-4H3,(H,20,21)/b9-6+,14-13+. The molecule has 0 spiro atoms. The second-order valence-electron chi connectivity index (χ2n) is 5.23. The fourth-order valence-electron chi connectivity index (χ4n) is 2.16. The van der Waals surface area contributed by atoms with E-state index in [0.29, 0.717) is 0 Å². The summed E-state index contributed by atoms with van der Waals surface area (Å²) in [6.45, 7) is 4.22. The van der Waals surface area contributed by atoms with Gasteiger partial charge in [0, 0.05) is 31.9 Å². The smallest absolute Gasteiger partial charge is 0.130 e. The van der Waals surface area contributed by atoms with Gasteiger partial charge in [-0.25, -0.2) is 10.4 Å². The van der Waals surface area contributed by atoms with Crippen molar-refractivity contribution >= 4 is 22.2 Å². The molecule has 0 atom stereocenters. The molecule has 0 aliphatic rings. The molecule has 2 rings (SSSR count). The highest BCUT2D eigenvalue weighted by atomic mass is 15.5. The Bertz CT molecular complexity index is 689. The largest absolute Gasteiger partial charge is 0.347 e. The number of hydrogen-bond acceptors (Lipinski definition) is 4. The van der Waals surface area contributed by atoms with E-state index in [2.05, 4.69) is 66.1 Å². The Labute approximate surface area is 132 Å². The average molecular weight is 296 g/mol. The molecule has 1 aromatic carbocycles. The molecular formula is C18H24N4. The molecule has 116 valence electrons. The summed E-state index contributed by atoms with van der Waals surface area (Å²) in [5.41, 5.74) is 5.48. The van der Waals surface area contributed by atoms with Crippen molar-refractivity contribution in [2.45, 2.75) is 20.3 Å². The molecule has 4 nitrogen and oxygen atoms in total. The first-order chi connectivity index (χ1) is 10.6. The summed E-state index contributed by atoms with van der Waals surface area (Å²) in [4.78, 5) is 4.42. The van der Waals surface area contributed by atoms with Crippen LogP contribution >= 0.6 is 0 Å². The predicted octanol–water partition coefficient (Wildman–Crippen LogP) is 4.00. The maximum atomic E-state index is 4.42. The van der Waals surface area contributed by atoms with Gasteiger partial charge in [-0.1, -0.05) is 25.1 Å². The van der Waals surface area contributed by atoms with Crippen molar-refractivity contribution in [3.63, 3.8) is 0 Å². The Kier molecular flexibility index (Phi) is 5.55. The molecule has 22 heavy (non-hydrogen) atoms. The highest BCUT2D eigenvalue weighted by Crippen LogP contribution is 2.22. The van der Waals surface area contributed by atoms with Crippen LogP contribution in [-0.2, 0) is 0 Å². The van der Waals surface area contributed by atoms with E-state index >= 15 is 0 Å². The van der Waals surface area contributed by atoms with Crippen molar-refractivity contribution in [2.75, 3.05) is 19.4 Å². The fourth-order valence-corrected chi connectivity index (χ4v) is 2.16. The molecule has 0 radical (unpaired) electrons. The van der Waals surface area contributed by atoms with Gasteiger partial charge in [0.05, 0.1) is 0 Å². The second kappa shape index (κ2) is 7.61. The molecule has 0 bridgehead atoms. The van der Waals surface area contributed by atoms with Crippen LogP contribution in [0.2, 0.25) is 0 Å². The Morgan fingerprint density at radius 2 is 2.09 bits per heavy atom. The van der Waals surface area contributed by atoms with Crippen LogP contribution in [-0.4, -0.2) is 24.1 Å². The van der Waals surface area contributed by atoms with Crippen molar-refractivity contribution in [3.8, 4) is 0 Å². The van der Waals surface area contributed by atoms with Gasteiger partial charge >= 0.3 is 0 Å². The highest BCUT2D eigenvalue weighted by molar-refractivity contribution is 5.87.